The maximum Gasteiger partial charge on any atom is 0.134 e. The molecule has 2 rings (SSSR count). The lowest BCUT2D eigenvalue weighted by Crippen LogP contribution is -2.49. The molecule has 0 spiro atoms. The molecule has 1 aromatic heterocycles. The summed E-state index contributed by atoms with van der Waals surface area (Å²) in [6.07, 6.45) is 0. The molecule has 2 aromatic rings. The molecule has 1 aromatic carbocycles. The largest absolute Gasteiger partial charge is 0.459 e. The van der Waals surface area contributed by atoms with Gasteiger partial charge < -0.3 is 14.6 Å². The smallest absolute Gasteiger partial charge is 0.134 e. The molecule has 0 aliphatic rings. The molecule has 1 atom stereocenters. The van der Waals surface area contributed by atoms with E-state index < -0.39 is 0 Å². The summed E-state index contributed by atoms with van der Waals surface area (Å²) in [5.74, 6) is 1.01. The molecule has 20 heavy (non-hydrogen) atoms. The zero-order valence-corrected chi connectivity index (χ0v) is 13.4. The fourth-order valence-corrected chi connectivity index (χ4v) is 2.49. The van der Waals surface area contributed by atoms with Crippen molar-refractivity contribution in [1.82, 2.24) is 10.2 Å². The van der Waals surface area contributed by atoms with Gasteiger partial charge in [-0.1, -0.05) is 18.6 Å². The van der Waals surface area contributed by atoms with Crippen molar-refractivity contribution in [3.8, 4) is 0 Å². The minimum Gasteiger partial charge on any atom is -0.459 e. The summed E-state index contributed by atoms with van der Waals surface area (Å²) >= 11 is 0. The first-order chi connectivity index (χ1) is 9.36. The van der Waals surface area contributed by atoms with Crippen molar-refractivity contribution in [3.63, 3.8) is 0 Å². The van der Waals surface area contributed by atoms with Gasteiger partial charge in [0.25, 0.3) is 0 Å². The van der Waals surface area contributed by atoms with Crippen LogP contribution in [0, 0.1) is 6.92 Å². The first kappa shape index (κ1) is 15.1. The number of aryl methyl sites for hydroxylation is 1. The van der Waals surface area contributed by atoms with E-state index in [0.29, 0.717) is 0 Å². The normalized spacial score (nSPS) is 14.2. The summed E-state index contributed by atoms with van der Waals surface area (Å²) in [5.41, 5.74) is 2.19. The molecule has 0 aliphatic heterocycles. The number of furan rings is 1. The zero-order chi connectivity index (χ0) is 14.9. The maximum atomic E-state index is 6.09. The van der Waals surface area contributed by atoms with Crippen LogP contribution in [0.25, 0.3) is 11.0 Å². The molecule has 3 heteroatoms. The lowest BCUT2D eigenvalue weighted by atomic mass is 9.91. The van der Waals surface area contributed by atoms with Crippen molar-refractivity contribution in [1.29, 1.82) is 0 Å². The van der Waals surface area contributed by atoms with E-state index in [1.54, 1.807) is 0 Å². The van der Waals surface area contributed by atoms with Crippen LogP contribution in [0.4, 0.5) is 0 Å². The molecule has 1 N–H and O–H groups in total. The van der Waals surface area contributed by atoms with Gasteiger partial charge in [0.05, 0.1) is 6.04 Å². The number of fused-ring (bicyclic) bond motifs is 1. The molecule has 0 saturated heterocycles. The molecule has 1 heterocycles. The van der Waals surface area contributed by atoms with Gasteiger partial charge in [-0.05, 0) is 59.6 Å². The van der Waals surface area contributed by atoms with Gasteiger partial charge in [0, 0.05) is 10.9 Å². The molecule has 0 amide bonds. The molecule has 0 radical (unpaired) electrons. The molecular formula is C17H26N2O. The Morgan fingerprint density at radius 1 is 1.25 bits per heavy atom. The van der Waals surface area contributed by atoms with Gasteiger partial charge in [0.2, 0.25) is 0 Å². The number of rotatable bonds is 5. The number of benzene rings is 1. The Hall–Kier alpha value is -1.32. The van der Waals surface area contributed by atoms with Gasteiger partial charge in [0.1, 0.15) is 11.3 Å². The minimum absolute atomic E-state index is 0.0288. The average Bonchev–Trinajstić information content (AvgIpc) is 2.77. The van der Waals surface area contributed by atoms with Gasteiger partial charge in [-0.25, -0.2) is 0 Å². The second-order valence-electron chi connectivity index (χ2n) is 6.23. The van der Waals surface area contributed by atoms with Gasteiger partial charge in [-0.15, -0.1) is 0 Å². The first-order valence-electron chi connectivity index (χ1n) is 7.27. The van der Waals surface area contributed by atoms with Crippen molar-refractivity contribution in [2.24, 2.45) is 0 Å². The lowest BCUT2D eigenvalue weighted by molar-refractivity contribution is 0.127. The third-order valence-corrected chi connectivity index (χ3v) is 4.24. The molecule has 0 bridgehead atoms. The number of nitrogens with one attached hydrogen (secondary N) is 1. The van der Waals surface area contributed by atoms with Crippen molar-refractivity contribution in [2.45, 2.75) is 39.3 Å². The third kappa shape index (κ3) is 2.74. The van der Waals surface area contributed by atoms with Crippen LogP contribution in [-0.2, 0) is 0 Å². The predicted molar refractivity (Wildman–Crippen MR) is 85.1 cm³/mol. The Kier molecular flexibility index (Phi) is 4.21. The van der Waals surface area contributed by atoms with Gasteiger partial charge in [-0.2, -0.15) is 0 Å². The van der Waals surface area contributed by atoms with Crippen molar-refractivity contribution in [2.75, 3.05) is 20.6 Å². The number of hydrogen-bond donors (Lipinski definition) is 1. The summed E-state index contributed by atoms with van der Waals surface area (Å²) in [7, 11) is 4.22. The maximum absolute atomic E-state index is 6.09. The molecular weight excluding hydrogens is 248 g/mol. The van der Waals surface area contributed by atoms with Crippen LogP contribution in [0.5, 0.6) is 0 Å². The van der Waals surface area contributed by atoms with Crippen LogP contribution in [-0.4, -0.2) is 31.1 Å². The standard InChI is InChI=1S/C17H26N2O/c1-7-18-16(17(3,4)19(5)6)15-11-13-10-12(2)8-9-14(13)20-15/h8-11,16,18H,7H2,1-6H3. The summed E-state index contributed by atoms with van der Waals surface area (Å²) in [4.78, 5) is 2.23. The predicted octanol–water partition coefficient (Wildman–Crippen LogP) is 3.73. The second kappa shape index (κ2) is 5.58. The highest BCUT2D eigenvalue weighted by Crippen LogP contribution is 2.33. The van der Waals surface area contributed by atoms with E-state index in [1.165, 1.54) is 10.9 Å². The zero-order valence-electron chi connectivity index (χ0n) is 13.4. The van der Waals surface area contributed by atoms with Crippen LogP contribution in [0.3, 0.4) is 0 Å². The average molecular weight is 274 g/mol. The molecule has 0 fully saturated rings. The Balaban J connectivity index is 2.46. The van der Waals surface area contributed by atoms with E-state index in [1.807, 2.05) is 0 Å². The molecule has 0 aliphatic carbocycles. The van der Waals surface area contributed by atoms with Crippen molar-refractivity contribution < 1.29 is 4.42 Å². The Morgan fingerprint density at radius 3 is 2.55 bits per heavy atom. The van der Waals surface area contributed by atoms with Crippen LogP contribution in [0.1, 0.15) is 38.1 Å². The highest BCUT2D eigenvalue weighted by atomic mass is 16.3. The Bertz CT molecular complexity index is 584. The fraction of sp³-hybridized carbons (Fsp3) is 0.529. The first-order valence-corrected chi connectivity index (χ1v) is 7.27. The minimum atomic E-state index is -0.0288. The number of hydrogen-bond acceptors (Lipinski definition) is 3. The van der Waals surface area contributed by atoms with Crippen LogP contribution >= 0.6 is 0 Å². The lowest BCUT2D eigenvalue weighted by Gasteiger charge is -2.39. The van der Waals surface area contributed by atoms with Crippen LogP contribution < -0.4 is 5.32 Å². The Morgan fingerprint density at radius 2 is 1.95 bits per heavy atom. The summed E-state index contributed by atoms with van der Waals surface area (Å²) in [5, 5.41) is 4.74. The summed E-state index contributed by atoms with van der Waals surface area (Å²) in [6.45, 7) is 9.62. The highest BCUT2D eigenvalue weighted by Gasteiger charge is 2.34. The van der Waals surface area contributed by atoms with E-state index in [9.17, 15) is 0 Å². The molecule has 0 saturated carbocycles. The van der Waals surface area contributed by atoms with E-state index in [4.69, 9.17) is 4.42 Å². The van der Waals surface area contributed by atoms with Gasteiger partial charge in [0.15, 0.2) is 0 Å². The quantitative estimate of drug-likeness (QED) is 0.900. The summed E-state index contributed by atoms with van der Waals surface area (Å²) in [6, 6.07) is 8.65. The van der Waals surface area contributed by atoms with Crippen molar-refractivity contribution in [3.05, 3.63) is 35.6 Å². The molecule has 110 valence electrons. The number of likely N-dealkylation sites (N-methyl/N-ethyl adjacent to an activating group) is 2. The second-order valence-corrected chi connectivity index (χ2v) is 6.23. The van der Waals surface area contributed by atoms with E-state index in [-0.39, 0.29) is 11.6 Å². The van der Waals surface area contributed by atoms with Gasteiger partial charge >= 0.3 is 0 Å². The van der Waals surface area contributed by atoms with Gasteiger partial charge in [-0.3, -0.25) is 0 Å². The molecule has 1 unspecified atom stereocenters. The topological polar surface area (TPSA) is 28.4 Å². The summed E-state index contributed by atoms with van der Waals surface area (Å²) < 4.78 is 6.09. The van der Waals surface area contributed by atoms with E-state index in [2.05, 4.69) is 76.3 Å². The monoisotopic (exact) mass is 274 g/mol. The highest BCUT2D eigenvalue weighted by molar-refractivity contribution is 5.78. The van der Waals surface area contributed by atoms with E-state index in [0.717, 1.165) is 17.9 Å². The van der Waals surface area contributed by atoms with E-state index >= 15 is 0 Å². The van der Waals surface area contributed by atoms with Crippen LogP contribution in [0.15, 0.2) is 28.7 Å². The third-order valence-electron chi connectivity index (χ3n) is 4.24. The molecule has 3 nitrogen and oxygen atoms in total. The SMILES string of the molecule is CCNC(c1cc2cc(C)ccc2o1)C(C)(C)N(C)C. The van der Waals surface area contributed by atoms with Crippen molar-refractivity contribution >= 4 is 11.0 Å². The number of nitrogens with zero attached hydrogens (tertiary/aromatic N) is 1. The fourth-order valence-electron chi connectivity index (χ4n) is 2.49. The van der Waals surface area contributed by atoms with Crippen LogP contribution in [0.2, 0.25) is 0 Å². The Labute approximate surface area is 122 Å².